The van der Waals surface area contributed by atoms with Gasteiger partial charge < -0.3 is 10.5 Å². The van der Waals surface area contributed by atoms with Crippen molar-refractivity contribution in [3.63, 3.8) is 0 Å². The van der Waals surface area contributed by atoms with Crippen LogP contribution in [-0.2, 0) is 6.54 Å². The fourth-order valence-corrected chi connectivity index (χ4v) is 2.02. The van der Waals surface area contributed by atoms with E-state index in [1.165, 1.54) is 4.68 Å². The molecule has 0 aliphatic heterocycles. The summed E-state index contributed by atoms with van der Waals surface area (Å²) in [4.78, 5) is 12.2. The highest BCUT2D eigenvalue weighted by Gasteiger charge is 2.04. The van der Waals surface area contributed by atoms with Crippen molar-refractivity contribution >= 4 is 16.6 Å². The quantitative estimate of drug-likeness (QED) is 0.732. The van der Waals surface area contributed by atoms with Crippen molar-refractivity contribution in [3.8, 4) is 5.75 Å². The Labute approximate surface area is 120 Å². The molecule has 0 amide bonds. The molecule has 3 rings (SSSR count). The van der Waals surface area contributed by atoms with Crippen molar-refractivity contribution < 1.29 is 4.74 Å². The van der Waals surface area contributed by atoms with Crippen LogP contribution in [0.1, 0.15) is 0 Å². The van der Waals surface area contributed by atoms with E-state index in [0.29, 0.717) is 35.5 Å². The zero-order valence-electron chi connectivity index (χ0n) is 11.3. The van der Waals surface area contributed by atoms with E-state index in [9.17, 15) is 4.79 Å². The molecular formula is C15H14N4O2. The third kappa shape index (κ3) is 2.84. The van der Waals surface area contributed by atoms with Gasteiger partial charge in [0.2, 0.25) is 0 Å². The van der Waals surface area contributed by atoms with Crippen molar-refractivity contribution in [3.05, 3.63) is 58.9 Å². The molecule has 0 unspecified atom stereocenters. The number of benzene rings is 2. The second-order valence-corrected chi connectivity index (χ2v) is 4.56. The fourth-order valence-electron chi connectivity index (χ4n) is 2.02. The monoisotopic (exact) mass is 282 g/mol. The summed E-state index contributed by atoms with van der Waals surface area (Å²) >= 11 is 0. The van der Waals surface area contributed by atoms with Crippen LogP contribution < -0.4 is 16.0 Å². The summed E-state index contributed by atoms with van der Waals surface area (Å²) in [5.74, 6) is 0.664. The Balaban J connectivity index is 1.74. The number of aromatic nitrogens is 3. The Bertz CT molecular complexity index is 829. The maximum absolute atomic E-state index is 12.2. The minimum absolute atomic E-state index is 0.170. The third-order valence-electron chi connectivity index (χ3n) is 3.06. The number of nitrogen functional groups attached to an aromatic ring is 1. The zero-order chi connectivity index (χ0) is 14.7. The van der Waals surface area contributed by atoms with Crippen LogP contribution in [0.4, 0.5) is 5.69 Å². The van der Waals surface area contributed by atoms with E-state index in [1.807, 2.05) is 18.2 Å². The van der Waals surface area contributed by atoms with Crippen LogP contribution >= 0.6 is 0 Å². The van der Waals surface area contributed by atoms with Gasteiger partial charge in [-0.3, -0.25) is 4.79 Å². The van der Waals surface area contributed by atoms with Crippen LogP contribution in [0.5, 0.6) is 5.75 Å². The van der Waals surface area contributed by atoms with Gasteiger partial charge in [0.05, 0.1) is 11.9 Å². The molecule has 6 nitrogen and oxygen atoms in total. The Hall–Kier alpha value is -2.89. The number of fused-ring (bicyclic) bond motifs is 1. The summed E-state index contributed by atoms with van der Waals surface area (Å²) < 4.78 is 6.85. The van der Waals surface area contributed by atoms with E-state index < -0.39 is 0 Å². The molecule has 21 heavy (non-hydrogen) atoms. The number of rotatable bonds is 4. The van der Waals surface area contributed by atoms with Crippen LogP contribution in [0.15, 0.2) is 53.3 Å². The van der Waals surface area contributed by atoms with E-state index in [-0.39, 0.29) is 5.56 Å². The van der Waals surface area contributed by atoms with Crippen molar-refractivity contribution in [2.75, 3.05) is 12.3 Å². The number of hydrogen-bond acceptors (Lipinski definition) is 5. The highest BCUT2D eigenvalue weighted by atomic mass is 16.5. The summed E-state index contributed by atoms with van der Waals surface area (Å²) in [5.41, 5.74) is 6.73. The van der Waals surface area contributed by atoms with Gasteiger partial charge in [-0.15, -0.1) is 5.10 Å². The molecule has 1 heterocycles. The van der Waals surface area contributed by atoms with Crippen LogP contribution in [-0.4, -0.2) is 21.6 Å². The SMILES string of the molecule is Nc1cccc(OCCn2nnc3ccccc3c2=O)c1. The van der Waals surface area contributed by atoms with Gasteiger partial charge in [0.1, 0.15) is 17.9 Å². The molecule has 0 fully saturated rings. The molecule has 0 atom stereocenters. The summed E-state index contributed by atoms with van der Waals surface area (Å²) in [5, 5.41) is 8.48. The molecule has 106 valence electrons. The Morgan fingerprint density at radius 1 is 1.14 bits per heavy atom. The Morgan fingerprint density at radius 3 is 2.86 bits per heavy atom. The number of nitrogens with zero attached hydrogens (tertiary/aromatic N) is 3. The van der Waals surface area contributed by atoms with E-state index in [2.05, 4.69) is 10.3 Å². The summed E-state index contributed by atoms with van der Waals surface area (Å²) in [6.07, 6.45) is 0. The molecule has 0 spiro atoms. The number of anilines is 1. The van der Waals surface area contributed by atoms with E-state index in [4.69, 9.17) is 10.5 Å². The number of ether oxygens (including phenoxy) is 1. The molecule has 0 radical (unpaired) electrons. The van der Waals surface area contributed by atoms with Crippen LogP contribution in [0.2, 0.25) is 0 Å². The molecule has 1 aromatic heterocycles. The van der Waals surface area contributed by atoms with Crippen molar-refractivity contribution in [2.45, 2.75) is 6.54 Å². The lowest BCUT2D eigenvalue weighted by Gasteiger charge is -2.08. The first-order chi connectivity index (χ1) is 10.2. The minimum Gasteiger partial charge on any atom is -0.492 e. The lowest BCUT2D eigenvalue weighted by Crippen LogP contribution is -2.26. The summed E-state index contributed by atoms with van der Waals surface area (Å²) in [7, 11) is 0. The second-order valence-electron chi connectivity index (χ2n) is 4.56. The van der Waals surface area contributed by atoms with Crippen molar-refractivity contribution in [1.82, 2.24) is 15.0 Å². The van der Waals surface area contributed by atoms with E-state index >= 15 is 0 Å². The van der Waals surface area contributed by atoms with Crippen LogP contribution in [0, 0.1) is 0 Å². The molecular weight excluding hydrogens is 268 g/mol. The molecule has 0 bridgehead atoms. The van der Waals surface area contributed by atoms with Gasteiger partial charge in [0, 0.05) is 11.8 Å². The molecule has 6 heteroatoms. The predicted octanol–water partition coefficient (Wildman–Crippen LogP) is 1.45. The molecule has 0 aliphatic rings. The lowest BCUT2D eigenvalue weighted by atomic mass is 10.2. The van der Waals surface area contributed by atoms with Crippen LogP contribution in [0.3, 0.4) is 0 Å². The van der Waals surface area contributed by atoms with Gasteiger partial charge in [-0.2, -0.15) is 0 Å². The van der Waals surface area contributed by atoms with Gasteiger partial charge in [0.15, 0.2) is 0 Å². The van der Waals surface area contributed by atoms with Gasteiger partial charge >= 0.3 is 0 Å². The second kappa shape index (κ2) is 5.62. The van der Waals surface area contributed by atoms with E-state index in [0.717, 1.165) is 0 Å². The zero-order valence-corrected chi connectivity index (χ0v) is 11.3. The van der Waals surface area contributed by atoms with E-state index in [1.54, 1.807) is 30.3 Å². The molecule has 3 aromatic rings. The first-order valence-electron chi connectivity index (χ1n) is 6.55. The first kappa shape index (κ1) is 13.1. The van der Waals surface area contributed by atoms with Gasteiger partial charge in [-0.05, 0) is 24.3 Å². The minimum atomic E-state index is -0.170. The fraction of sp³-hybridized carbons (Fsp3) is 0.133. The Kier molecular flexibility index (Phi) is 3.51. The maximum Gasteiger partial charge on any atom is 0.277 e. The topological polar surface area (TPSA) is 83.0 Å². The summed E-state index contributed by atoms with van der Waals surface area (Å²) in [6, 6.07) is 14.3. The Morgan fingerprint density at radius 2 is 2.00 bits per heavy atom. The molecule has 2 aromatic carbocycles. The third-order valence-corrected chi connectivity index (χ3v) is 3.06. The van der Waals surface area contributed by atoms with Gasteiger partial charge in [0.25, 0.3) is 5.56 Å². The number of nitrogens with two attached hydrogens (primary N) is 1. The normalized spacial score (nSPS) is 10.7. The smallest absolute Gasteiger partial charge is 0.277 e. The average molecular weight is 282 g/mol. The van der Waals surface area contributed by atoms with Gasteiger partial charge in [-0.1, -0.05) is 23.4 Å². The standard InChI is InChI=1S/C15H14N4O2/c16-11-4-3-5-12(10-11)21-9-8-19-15(20)13-6-1-2-7-14(13)17-18-19/h1-7,10H,8-9,16H2. The first-order valence-corrected chi connectivity index (χ1v) is 6.55. The maximum atomic E-state index is 12.2. The highest BCUT2D eigenvalue weighted by Crippen LogP contribution is 2.14. The van der Waals surface area contributed by atoms with Crippen LogP contribution in [0.25, 0.3) is 10.9 Å². The molecule has 2 N–H and O–H groups in total. The highest BCUT2D eigenvalue weighted by molar-refractivity contribution is 5.76. The molecule has 0 saturated heterocycles. The van der Waals surface area contributed by atoms with Gasteiger partial charge in [-0.25, -0.2) is 4.68 Å². The molecule has 0 saturated carbocycles. The molecule has 0 aliphatic carbocycles. The largest absolute Gasteiger partial charge is 0.492 e. The number of hydrogen-bond donors (Lipinski definition) is 1. The van der Waals surface area contributed by atoms with Crippen molar-refractivity contribution in [1.29, 1.82) is 0 Å². The lowest BCUT2D eigenvalue weighted by molar-refractivity contribution is 0.286. The summed E-state index contributed by atoms with van der Waals surface area (Å²) in [6.45, 7) is 0.641. The van der Waals surface area contributed by atoms with Crippen molar-refractivity contribution in [2.24, 2.45) is 0 Å². The predicted molar refractivity (Wildman–Crippen MR) is 80.1 cm³/mol. The average Bonchev–Trinajstić information content (AvgIpc) is 2.50.